The number of unbranched alkanes of at least 4 members (excludes halogenated alkanes) is 2. The summed E-state index contributed by atoms with van der Waals surface area (Å²) in [7, 11) is 0. The Hall–Kier alpha value is -1.06. The van der Waals surface area contributed by atoms with Gasteiger partial charge in [-0.1, -0.05) is 60.3 Å². The summed E-state index contributed by atoms with van der Waals surface area (Å²) in [5, 5.41) is 0. The van der Waals surface area contributed by atoms with Crippen molar-refractivity contribution < 1.29 is 19.1 Å². The van der Waals surface area contributed by atoms with E-state index >= 15 is 0 Å². The lowest BCUT2D eigenvalue weighted by Gasteiger charge is -2.29. The molecule has 0 unspecified atom stereocenters. The lowest BCUT2D eigenvalue weighted by molar-refractivity contribution is -0.177. The summed E-state index contributed by atoms with van der Waals surface area (Å²) in [4.78, 5) is 25.2. The molecule has 0 saturated heterocycles. The first-order valence-corrected chi connectivity index (χ1v) is 9.40. The van der Waals surface area contributed by atoms with Crippen molar-refractivity contribution in [2.45, 2.75) is 98.5 Å². The molecule has 0 saturated carbocycles. The van der Waals surface area contributed by atoms with E-state index in [9.17, 15) is 9.59 Å². The van der Waals surface area contributed by atoms with Gasteiger partial charge in [-0.05, 0) is 32.1 Å². The quantitative estimate of drug-likeness (QED) is 0.270. The second-order valence-corrected chi connectivity index (χ2v) is 6.24. The van der Waals surface area contributed by atoms with Crippen LogP contribution >= 0.6 is 0 Å². The Morgan fingerprint density at radius 2 is 1.39 bits per heavy atom. The molecule has 0 spiro atoms. The summed E-state index contributed by atoms with van der Waals surface area (Å²) < 4.78 is 11.1. The zero-order chi connectivity index (χ0) is 17.7. The minimum absolute atomic E-state index is 0.0946. The summed E-state index contributed by atoms with van der Waals surface area (Å²) in [6.07, 6.45) is 7.29. The number of ether oxygens (including phenoxy) is 2. The Balaban J connectivity index is 4.88. The molecule has 0 aromatic rings. The lowest BCUT2D eigenvalue weighted by atomic mass is 9.82. The van der Waals surface area contributed by atoms with Crippen molar-refractivity contribution >= 4 is 11.9 Å². The molecule has 0 fully saturated rings. The standard InChI is InChI=1S/C19H36O4/c1-6-11-12-15-22-17(20)19(9-4,10-5)18(21)23-16(13-7-2)14-8-3/h16H,6-15H2,1-5H3. The second-order valence-electron chi connectivity index (χ2n) is 6.24. The number of esters is 2. The van der Waals surface area contributed by atoms with Crippen molar-refractivity contribution in [2.75, 3.05) is 6.61 Å². The molecule has 23 heavy (non-hydrogen) atoms. The molecule has 0 radical (unpaired) electrons. The third kappa shape index (κ3) is 6.92. The number of hydrogen-bond acceptors (Lipinski definition) is 4. The molecule has 0 aliphatic rings. The first kappa shape index (κ1) is 21.9. The Bertz CT molecular complexity index is 328. The van der Waals surface area contributed by atoms with Crippen molar-refractivity contribution in [1.29, 1.82) is 0 Å². The van der Waals surface area contributed by atoms with Gasteiger partial charge in [0, 0.05) is 0 Å². The molecule has 136 valence electrons. The zero-order valence-corrected chi connectivity index (χ0v) is 15.8. The smallest absolute Gasteiger partial charge is 0.323 e. The summed E-state index contributed by atoms with van der Waals surface area (Å²) in [6.45, 7) is 10.3. The van der Waals surface area contributed by atoms with Gasteiger partial charge >= 0.3 is 11.9 Å². The molecule has 0 aromatic carbocycles. The van der Waals surface area contributed by atoms with E-state index in [1.807, 2.05) is 13.8 Å². The molecule has 0 atom stereocenters. The predicted octanol–water partition coefficient (Wildman–Crippen LogP) is 5.04. The van der Waals surface area contributed by atoms with Gasteiger partial charge < -0.3 is 9.47 Å². The predicted molar refractivity (Wildman–Crippen MR) is 93.2 cm³/mol. The molecule has 0 aromatic heterocycles. The van der Waals surface area contributed by atoms with Gasteiger partial charge in [-0.15, -0.1) is 0 Å². The number of carbonyl (C=O) groups excluding carboxylic acids is 2. The van der Waals surface area contributed by atoms with Crippen molar-refractivity contribution in [1.82, 2.24) is 0 Å². The van der Waals surface area contributed by atoms with Gasteiger partial charge in [0.25, 0.3) is 0 Å². The Morgan fingerprint density at radius 1 is 0.826 bits per heavy atom. The van der Waals surface area contributed by atoms with E-state index in [0.717, 1.165) is 44.9 Å². The van der Waals surface area contributed by atoms with Gasteiger partial charge in [0.2, 0.25) is 0 Å². The second kappa shape index (κ2) is 12.4. The maximum absolute atomic E-state index is 12.7. The molecule has 0 N–H and O–H groups in total. The van der Waals surface area contributed by atoms with E-state index in [1.54, 1.807) is 0 Å². The number of hydrogen-bond donors (Lipinski definition) is 0. The molecular formula is C19H36O4. The molecule has 0 heterocycles. The highest BCUT2D eigenvalue weighted by Crippen LogP contribution is 2.31. The van der Waals surface area contributed by atoms with Crippen LogP contribution in [0.25, 0.3) is 0 Å². The van der Waals surface area contributed by atoms with Gasteiger partial charge in [0.15, 0.2) is 5.41 Å². The number of rotatable bonds is 13. The molecule has 0 rings (SSSR count). The molecule has 0 aliphatic heterocycles. The first-order valence-electron chi connectivity index (χ1n) is 9.40. The largest absolute Gasteiger partial charge is 0.465 e. The third-order valence-corrected chi connectivity index (χ3v) is 4.46. The topological polar surface area (TPSA) is 52.6 Å². The van der Waals surface area contributed by atoms with Crippen molar-refractivity contribution in [3.8, 4) is 0 Å². The van der Waals surface area contributed by atoms with Crippen molar-refractivity contribution in [2.24, 2.45) is 5.41 Å². The summed E-state index contributed by atoms with van der Waals surface area (Å²) in [5.41, 5.74) is -1.15. The van der Waals surface area contributed by atoms with E-state index in [2.05, 4.69) is 20.8 Å². The van der Waals surface area contributed by atoms with Gasteiger partial charge in [0.1, 0.15) is 6.10 Å². The molecule has 4 nitrogen and oxygen atoms in total. The molecule has 4 heteroatoms. The fraction of sp³-hybridized carbons (Fsp3) is 0.895. The summed E-state index contributed by atoms with van der Waals surface area (Å²) >= 11 is 0. The van der Waals surface area contributed by atoms with E-state index in [-0.39, 0.29) is 6.10 Å². The van der Waals surface area contributed by atoms with Crippen LogP contribution in [0.3, 0.4) is 0 Å². The Kier molecular flexibility index (Phi) is 11.8. The van der Waals surface area contributed by atoms with Gasteiger partial charge in [0.05, 0.1) is 6.61 Å². The average Bonchev–Trinajstić information content (AvgIpc) is 2.54. The van der Waals surface area contributed by atoms with Crippen LogP contribution in [0.1, 0.15) is 92.4 Å². The fourth-order valence-corrected chi connectivity index (χ4v) is 2.74. The van der Waals surface area contributed by atoms with E-state index < -0.39 is 17.4 Å². The van der Waals surface area contributed by atoms with Crippen LogP contribution in [-0.2, 0) is 19.1 Å². The highest BCUT2D eigenvalue weighted by Gasteiger charge is 2.46. The van der Waals surface area contributed by atoms with Crippen LogP contribution in [0.5, 0.6) is 0 Å². The fourth-order valence-electron chi connectivity index (χ4n) is 2.74. The highest BCUT2D eigenvalue weighted by atomic mass is 16.6. The maximum Gasteiger partial charge on any atom is 0.323 e. The van der Waals surface area contributed by atoms with E-state index in [1.165, 1.54) is 0 Å². The molecule has 0 aliphatic carbocycles. The number of carbonyl (C=O) groups is 2. The zero-order valence-electron chi connectivity index (χ0n) is 15.8. The van der Waals surface area contributed by atoms with Gasteiger partial charge in [-0.2, -0.15) is 0 Å². The van der Waals surface area contributed by atoms with Crippen LogP contribution in [0.2, 0.25) is 0 Å². The van der Waals surface area contributed by atoms with Crippen molar-refractivity contribution in [3.63, 3.8) is 0 Å². The maximum atomic E-state index is 12.7. The monoisotopic (exact) mass is 328 g/mol. The average molecular weight is 328 g/mol. The van der Waals surface area contributed by atoms with E-state index in [0.29, 0.717) is 19.4 Å². The Morgan fingerprint density at radius 3 is 1.83 bits per heavy atom. The van der Waals surface area contributed by atoms with Crippen LogP contribution in [0, 0.1) is 5.41 Å². The minimum atomic E-state index is -1.15. The molecule has 0 amide bonds. The Labute approximate surface area is 142 Å². The SMILES string of the molecule is CCCCCOC(=O)C(CC)(CC)C(=O)OC(CCC)CCC. The van der Waals surface area contributed by atoms with Crippen LogP contribution in [0.4, 0.5) is 0 Å². The van der Waals surface area contributed by atoms with Crippen LogP contribution in [0.15, 0.2) is 0 Å². The van der Waals surface area contributed by atoms with Crippen LogP contribution < -0.4 is 0 Å². The van der Waals surface area contributed by atoms with Crippen molar-refractivity contribution in [3.05, 3.63) is 0 Å². The van der Waals surface area contributed by atoms with Gasteiger partial charge in [-0.3, -0.25) is 9.59 Å². The molecule has 0 bridgehead atoms. The summed E-state index contributed by atoms with van der Waals surface area (Å²) in [6, 6.07) is 0. The lowest BCUT2D eigenvalue weighted by Crippen LogP contribution is -2.42. The third-order valence-electron chi connectivity index (χ3n) is 4.46. The van der Waals surface area contributed by atoms with E-state index in [4.69, 9.17) is 9.47 Å². The first-order chi connectivity index (χ1) is 11.0. The normalized spacial score (nSPS) is 11.6. The highest BCUT2D eigenvalue weighted by molar-refractivity contribution is 6.00. The van der Waals surface area contributed by atoms with Gasteiger partial charge in [-0.25, -0.2) is 0 Å². The summed E-state index contributed by atoms with van der Waals surface area (Å²) in [5.74, 6) is -0.828. The van der Waals surface area contributed by atoms with Crippen LogP contribution in [-0.4, -0.2) is 24.6 Å². The molecular weight excluding hydrogens is 292 g/mol. The minimum Gasteiger partial charge on any atom is -0.465 e.